The molecule has 2 heterocycles. The molecule has 2 fully saturated rings. The minimum atomic E-state index is 0.339. The van der Waals surface area contributed by atoms with E-state index in [0.717, 1.165) is 52.1 Å². The number of para-hydroxylation sites is 1. The summed E-state index contributed by atoms with van der Waals surface area (Å²) in [7, 11) is 0. The van der Waals surface area contributed by atoms with Crippen LogP contribution in [-0.2, 0) is 4.79 Å². The number of amides is 1. The normalized spacial score (nSPS) is 23.1. The molecule has 0 aliphatic carbocycles. The van der Waals surface area contributed by atoms with Gasteiger partial charge in [-0.05, 0) is 37.6 Å². The molecule has 1 unspecified atom stereocenters. The van der Waals surface area contributed by atoms with Crippen LogP contribution in [0.1, 0.15) is 12.8 Å². The van der Waals surface area contributed by atoms with Gasteiger partial charge in [-0.2, -0.15) is 0 Å². The first-order chi connectivity index (χ1) is 9.83. The van der Waals surface area contributed by atoms with Crippen molar-refractivity contribution in [3.8, 4) is 0 Å². The zero-order valence-corrected chi connectivity index (χ0v) is 11.9. The quantitative estimate of drug-likeness (QED) is 0.902. The van der Waals surface area contributed by atoms with Crippen LogP contribution >= 0.6 is 0 Å². The first-order valence-corrected chi connectivity index (χ1v) is 7.61. The summed E-state index contributed by atoms with van der Waals surface area (Å²) in [5.41, 5.74) is 1.26. The second-order valence-corrected chi connectivity index (χ2v) is 5.77. The summed E-state index contributed by atoms with van der Waals surface area (Å²) in [6, 6.07) is 10.5. The van der Waals surface area contributed by atoms with Crippen LogP contribution in [0, 0.1) is 5.92 Å². The smallest absolute Gasteiger partial charge is 0.223 e. The van der Waals surface area contributed by atoms with Crippen molar-refractivity contribution in [3.05, 3.63) is 30.3 Å². The maximum Gasteiger partial charge on any atom is 0.223 e. The molecule has 1 aromatic carbocycles. The fraction of sp³-hybridized carbons (Fsp3) is 0.562. The molecular weight excluding hydrogens is 250 g/mol. The molecule has 4 heteroatoms. The molecule has 1 N–H and O–H groups in total. The first kappa shape index (κ1) is 13.4. The summed E-state index contributed by atoms with van der Waals surface area (Å²) in [6.45, 7) is 5.68. The minimum absolute atomic E-state index is 0.339. The van der Waals surface area contributed by atoms with Gasteiger partial charge < -0.3 is 15.1 Å². The molecule has 2 aliphatic heterocycles. The number of nitrogens with one attached hydrogen (secondary N) is 1. The largest absolute Gasteiger partial charge is 0.368 e. The zero-order chi connectivity index (χ0) is 13.8. The summed E-state index contributed by atoms with van der Waals surface area (Å²) in [5, 5.41) is 3.33. The van der Waals surface area contributed by atoms with Crippen LogP contribution in [0.3, 0.4) is 0 Å². The van der Waals surface area contributed by atoms with Gasteiger partial charge in [0.25, 0.3) is 0 Å². The number of piperazine rings is 1. The minimum Gasteiger partial charge on any atom is -0.368 e. The lowest BCUT2D eigenvalue weighted by Gasteiger charge is -2.36. The summed E-state index contributed by atoms with van der Waals surface area (Å²) < 4.78 is 0. The van der Waals surface area contributed by atoms with Gasteiger partial charge in [0.1, 0.15) is 0 Å². The molecule has 1 aromatic rings. The number of hydrogen-bond donors (Lipinski definition) is 1. The van der Waals surface area contributed by atoms with Crippen molar-refractivity contribution in [2.45, 2.75) is 12.8 Å². The van der Waals surface area contributed by atoms with E-state index in [4.69, 9.17) is 0 Å². The Morgan fingerprint density at radius 2 is 1.90 bits per heavy atom. The Kier molecular flexibility index (Phi) is 4.21. The number of hydrogen-bond acceptors (Lipinski definition) is 3. The maximum atomic E-state index is 12.3. The SMILES string of the molecule is O=C(CC1CCNC1)N1CCN(c2ccccc2)CC1. The van der Waals surface area contributed by atoms with Gasteiger partial charge in [-0.3, -0.25) is 4.79 Å². The molecule has 0 aromatic heterocycles. The highest BCUT2D eigenvalue weighted by molar-refractivity contribution is 5.76. The van der Waals surface area contributed by atoms with Gasteiger partial charge in [0, 0.05) is 38.3 Å². The maximum absolute atomic E-state index is 12.3. The lowest BCUT2D eigenvalue weighted by Crippen LogP contribution is -2.49. The Hall–Kier alpha value is -1.55. The monoisotopic (exact) mass is 273 g/mol. The van der Waals surface area contributed by atoms with Crippen LogP contribution in [0.4, 0.5) is 5.69 Å². The van der Waals surface area contributed by atoms with Crippen LogP contribution in [0.25, 0.3) is 0 Å². The van der Waals surface area contributed by atoms with Crippen LogP contribution in [-0.4, -0.2) is 50.1 Å². The van der Waals surface area contributed by atoms with E-state index in [1.54, 1.807) is 0 Å². The standard InChI is InChI=1S/C16H23N3O/c20-16(12-14-6-7-17-13-14)19-10-8-18(9-11-19)15-4-2-1-3-5-15/h1-5,14,17H,6-13H2. The van der Waals surface area contributed by atoms with E-state index in [1.165, 1.54) is 5.69 Å². The Morgan fingerprint density at radius 1 is 1.15 bits per heavy atom. The Labute approximate surface area is 120 Å². The number of benzene rings is 1. The summed E-state index contributed by atoms with van der Waals surface area (Å²) in [6.07, 6.45) is 1.87. The van der Waals surface area contributed by atoms with Crippen molar-refractivity contribution in [1.29, 1.82) is 0 Å². The van der Waals surface area contributed by atoms with E-state index in [2.05, 4.69) is 34.5 Å². The molecule has 1 amide bonds. The lowest BCUT2D eigenvalue weighted by molar-refractivity contribution is -0.132. The highest BCUT2D eigenvalue weighted by Gasteiger charge is 2.24. The van der Waals surface area contributed by atoms with Crippen molar-refractivity contribution >= 4 is 11.6 Å². The Balaban J connectivity index is 1.49. The van der Waals surface area contributed by atoms with E-state index in [1.807, 2.05) is 11.0 Å². The molecule has 3 rings (SSSR count). The van der Waals surface area contributed by atoms with E-state index in [9.17, 15) is 4.79 Å². The highest BCUT2D eigenvalue weighted by Crippen LogP contribution is 2.18. The lowest BCUT2D eigenvalue weighted by atomic mass is 10.0. The third-order valence-corrected chi connectivity index (χ3v) is 4.38. The molecule has 4 nitrogen and oxygen atoms in total. The van der Waals surface area contributed by atoms with Crippen LogP contribution in [0.5, 0.6) is 0 Å². The fourth-order valence-corrected chi connectivity index (χ4v) is 3.12. The summed E-state index contributed by atoms with van der Waals surface area (Å²) in [4.78, 5) is 16.7. The molecule has 0 radical (unpaired) electrons. The average molecular weight is 273 g/mol. The van der Waals surface area contributed by atoms with Crippen molar-refractivity contribution in [3.63, 3.8) is 0 Å². The Morgan fingerprint density at radius 3 is 2.55 bits per heavy atom. The third kappa shape index (κ3) is 3.12. The van der Waals surface area contributed by atoms with Crippen LogP contribution in [0.2, 0.25) is 0 Å². The number of carbonyl (C=O) groups is 1. The van der Waals surface area contributed by atoms with E-state index in [-0.39, 0.29) is 0 Å². The zero-order valence-electron chi connectivity index (χ0n) is 11.9. The second kappa shape index (κ2) is 6.27. The van der Waals surface area contributed by atoms with Crippen molar-refractivity contribution in [2.75, 3.05) is 44.2 Å². The van der Waals surface area contributed by atoms with Crippen LogP contribution in [0.15, 0.2) is 30.3 Å². The van der Waals surface area contributed by atoms with Gasteiger partial charge in [0.05, 0.1) is 0 Å². The second-order valence-electron chi connectivity index (χ2n) is 5.77. The van der Waals surface area contributed by atoms with Gasteiger partial charge >= 0.3 is 0 Å². The number of anilines is 1. The molecular formula is C16H23N3O. The predicted molar refractivity (Wildman–Crippen MR) is 80.8 cm³/mol. The molecule has 0 spiro atoms. The van der Waals surface area contributed by atoms with Crippen LogP contribution < -0.4 is 10.2 Å². The van der Waals surface area contributed by atoms with Gasteiger partial charge in [0.15, 0.2) is 0 Å². The molecule has 0 bridgehead atoms. The van der Waals surface area contributed by atoms with Crippen molar-refractivity contribution < 1.29 is 4.79 Å². The number of carbonyl (C=O) groups excluding carboxylic acids is 1. The van der Waals surface area contributed by atoms with E-state index >= 15 is 0 Å². The summed E-state index contributed by atoms with van der Waals surface area (Å²) >= 11 is 0. The van der Waals surface area contributed by atoms with Gasteiger partial charge in [-0.1, -0.05) is 18.2 Å². The molecule has 2 aliphatic rings. The van der Waals surface area contributed by atoms with Crippen molar-refractivity contribution in [1.82, 2.24) is 10.2 Å². The molecule has 1 atom stereocenters. The topological polar surface area (TPSA) is 35.6 Å². The summed E-state index contributed by atoms with van der Waals surface area (Å²) in [5.74, 6) is 0.890. The number of rotatable bonds is 3. The molecule has 2 saturated heterocycles. The Bertz CT molecular complexity index is 434. The van der Waals surface area contributed by atoms with E-state index in [0.29, 0.717) is 11.8 Å². The van der Waals surface area contributed by atoms with Crippen molar-refractivity contribution in [2.24, 2.45) is 5.92 Å². The molecule has 108 valence electrons. The number of nitrogens with zero attached hydrogens (tertiary/aromatic N) is 2. The average Bonchev–Trinajstić information content (AvgIpc) is 3.01. The molecule has 20 heavy (non-hydrogen) atoms. The van der Waals surface area contributed by atoms with E-state index < -0.39 is 0 Å². The van der Waals surface area contributed by atoms with Gasteiger partial charge in [0.2, 0.25) is 5.91 Å². The third-order valence-electron chi connectivity index (χ3n) is 4.38. The fourth-order valence-electron chi connectivity index (χ4n) is 3.12. The van der Waals surface area contributed by atoms with Gasteiger partial charge in [-0.15, -0.1) is 0 Å². The highest BCUT2D eigenvalue weighted by atomic mass is 16.2. The first-order valence-electron chi connectivity index (χ1n) is 7.61. The predicted octanol–water partition coefficient (Wildman–Crippen LogP) is 1.33. The molecule has 0 saturated carbocycles. The van der Waals surface area contributed by atoms with Gasteiger partial charge in [-0.25, -0.2) is 0 Å².